The fraction of sp³-hybridized carbons (Fsp3) is 0. The van der Waals surface area contributed by atoms with E-state index in [1.54, 1.807) is 0 Å². The summed E-state index contributed by atoms with van der Waals surface area (Å²) in [6.07, 6.45) is 1.11. The van der Waals surface area contributed by atoms with Crippen molar-refractivity contribution >= 4 is 46.5 Å². The zero-order chi connectivity index (χ0) is 19.3. The molecule has 0 unspecified atom stereocenters. The van der Waals surface area contributed by atoms with Gasteiger partial charge in [-0.15, -0.1) is 0 Å². The number of nitrogen functional groups attached to an aromatic ring is 2. The molecule has 0 radical (unpaired) electrons. The first-order chi connectivity index (χ1) is 12.8. The van der Waals surface area contributed by atoms with Gasteiger partial charge in [-0.25, -0.2) is 4.98 Å². The number of rotatable bonds is 1. The van der Waals surface area contributed by atoms with Gasteiger partial charge in [0.2, 0.25) is 11.9 Å². The normalized spacial score (nSPS) is 14.7. The average Bonchev–Trinajstić information content (AvgIpc) is 2.58. The Morgan fingerprint density at radius 1 is 0.778 bits per heavy atom. The van der Waals surface area contributed by atoms with E-state index in [1.807, 2.05) is 0 Å². The third-order valence-electron chi connectivity index (χ3n) is 3.57. The van der Waals surface area contributed by atoms with Gasteiger partial charge in [0.25, 0.3) is 22.6 Å². The van der Waals surface area contributed by atoms with E-state index in [9.17, 15) is 19.2 Å². The number of aromatic amines is 3. The third kappa shape index (κ3) is 2.66. The summed E-state index contributed by atoms with van der Waals surface area (Å²) in [4.78, 5) is 66.4. The molecule has 136 valence electrons. The number of anilines is 4. The minimum Gasteiger partial charge on any atom is -0.369 e. The number of H-pyrrole nitrogens is 3. The molecule has 1 aliphatic rings. The highest BCUT2D eigenvalue weighted by atomic mass is 16.2. The van der Waals surface area contributed by atoms with Gasteiger partial charge in [0.15, 0.2) is 22.7 Å². The van der Waals surface area contributed by atoms with E-state index in [2.05, 4.69) is 40.5 Å². The van der Waals surface area contributed by atoms with E-state index in [0.717, 1.165) is 6.08 Å². The summed E-state index contributed by atoms with van der Waals surface area (Å²) in [6.45, 7) is 0. The van der Waals surface area contributed by atoms with Crippen molar-refractivity contribution in [2.75, 3.05) is 22.1 Å². The van der Waals surface area contributed by atoms with E-state index in [4.69, 9.17) is 11.5 Å². The van der Waals surface area contributed by atoms with Crippen LogP contribution in [0.4, 0.5) is 23.4 Å². The Morgan fingerprint density at radius 2 is 1.48 bits per heavy atom. The van der Waals surface area contributed by atoms with Crippen molar-refractivity contribution < 1.29 is 4.79 Å². The summed E-state index contributed by atoms with van der Waals surface area (Å²) in [5.74, 6) is -1.06. The smallest absolute Gasteiger partial charge is 0.278 e. The van der Waals surface area contributed by atoms with Crippen LogP contribution in [0, 0.1) is 0 Å². The molecule has 1 aliphatic heterocycles. The molecule has 3 aromatic heterocycles. The summed E-state index contributed by atoms with van der Waals surface area (Å²) in [6, 6.07) is 0. The van der Waals surface area contributed by atoms with Gasteiger partial charge < -0.3 is 27.1 Å². The second-order valence-corrected chi connectivity index (χ2v) is 5.41. The van der Waals surface area contributed by atoms with E-state index in [-0.39, 0.29) is 46.0 Å². The van der Waals surface area contributed by atoms with Gasteiger partial charge in [0.05, 0.1) is 0 Å². The Hall–Kier alpha value is -4.49. The quantitative estimate of drug-likeness (QED) is 0.225. The second kappa shape index (κ2) is 5.51. The van der Waals surface area contributed by atoms with Crippen LogP contribution in [0.2, 0.25) is 0 Å². The lowest BCUT2D eigenvalue weighted by atomic mass is 10.2. The Bertz CT molecular complexity index is 1330. The Kier molecular flexibility index (Phi) is 3.27. The molecular formula is C13H10N10O4. The third-order valence-corrected chi connectivity index (χ3v) is 3.57. The highest BCUT2D eigenvalue weighted by Crippen LogP contribution is 2.22. The van der Waals surface area contributed by atoms with Crippen LogP contribution in [0.25, 0.3) is 17.2 Å². The maximum absolute atomic E-state index is 12.2. The topological polar surface area (TPSA) is 230 Å². The molecule has 0 aliphatic carbocycles. The molecule has 4 rings (SSSR count). The lowest BCUT2D eigenvalue weighted by Crippen LogP contribution is -2.32. The van der Waals surface area contributed by atoms with Crippen LogP contribution >= 0.6 is 0 Å². The van der Waals surface area contributed by atoms with Crippen molar-refractivity contribution in [2.24, 2.45) is 0 Å². The van der Waals surface area contributed by atoms with E-state index >= 15 is 0 Å². The maximum Gasteiger partial charge on any atom is 0.278 e. The largest absolute Gasteiger partial charge is 0.369 e. The van der Waals surface area contributed by atoms with Crippen LogP contribution in [0.5, 0.6) is 0 Å². The van der Waals surface area contributed by atoms with Crippen molar-refractivity contribution in [2.45, 2.75) is 0 Å². The number of nitrogens with two attached hydrogens (primary N) is 2. The van der Waals surface area contributed by atoms with Crippen molar-refractivity contribution in [1.82, 2.24) is 29.9 Å². The zero-order valence-electron chi connectivity index (χ0n) is 13.2. The van der Waals surface area contributed by atoms with Gasteiger partial charge in [-0.05, 0) is 6.08 Å². The van der Waals surface area contributed by atoms with Gasteiger partial charge in [0, 0.05) is 0 Å². The Morgan fingerprint density at radius 3 is 2.26 bits per heavy atom. The molecule has 1 amide bonds. The first-order valence-corrected chi connectivity index (χ1v) is 7.31. The van der Waals surface area contributed by atoms with Gasteiger partial charge in [-0.1, -0.05) is 0 Å². The molecule has 14 nitrogen and oxygen atoms in total. The number of aromatic nitrogens is 6. The monoisotopic (exact) mass is 370 g/mol. The molecule has 0 saturated carbocycles. The fourth-order valence-corrected chi connectivity index (χ4v) is 2.41. The molecule has 9 N–H and O–H groups in total. The first-order valence-electron chi connectivity index (χ1n) is 7.31. The minimum absolute atomic E-state index is 0.00173. The van der Waals surface area contributed by atoms with E-state index < -0.39 is 22.6 Å². The number of fused-ring (bicyclic) bond motifs is 2. The fourth-order valence-electron chi connectivity index (χ4n) is 2.41. The summed E-state index contributed by atoms with van der Waals surface area (Å²) >= 11 is 0. The highest BCUT2D eigenvalue weighted by Gasteiger charge is 2.24. The molecule has 3 aromatic rings. The number of carbonyl (C=O) groups is 1. The summed E-state index contributed by atoms with van der Waals surface area (Å²) in [5.41, 5.74) is 8.13. The van der Waals surface area contributed by atoms with Crippen LogP contribution in [0.1, 0.15) is 5.69 Å². The van der Waals surface area contributed by atoms with Crippen molar-refractivity contribution in [1.29, 1.82) is 0 Å². The molecule has 0 aromatic carbocycles. The number of hydrogen-bond acceptors (Lipinski definition) is 10. The van der Waals surface area contributed by atoms with Gasteiger partial charge in [-0.2, -0.15) is 9.97 Å². The number of hydrogen-bond donors (Lipinski definition) is 7. The van der Waals surface area contributed by atoms with Crippen LogP contribution in [-0.4, -0.2) is 35.8 Å². The van der Waals surface area contributed by atoms with Gasteiger partial charge >= 0.3 is 0 Å². The summed E-state index contributed by atoms with van der Waals surface area (Å²) in [7, 11) is 0. The molecule has 0 bridgehead atoms. The number of nitrogens with one attached hydrogen (secondary N) is 5. The lowest BCUT2D eigenvalue weighted by molar-refractivity contribution is -0.112. The van der Waals surface area contributed by atoms with Crippen molar-refractivity contribution in [3.63, 3.8) is 0 Å². The van der Waals surface area contributed by atoms with Crippen LogP contribution in [-0.2, 0) is 4.79 Å². The second-order valence-electron chi connectivity index (χ2n) is 5.41. The highest BCUT2D eigenvalue weighted by molar-refractivity contribution is 6.12. The lowest BCUT2D eigenvalue weighted by Gasteiger charge is -2.19. The standard InChI is InChI=1S/C13H10N10O4/c14-12-20-6-4(10(26)22-12)18-8(24)2(16-6)1-3-9(25)19-5-7(17-3)21-13(15)23-11(5)27/h1H,(H,18,24)(H,19,25)(H3,14,16,20,22,26)(H4,15,17,21,23,27)/b3-1-. The van der Waals surface area contributed by atoms with Crippen LogP contribution in [0.15, 0.2) is 20.1 Å². The molecule has 27 heavy (non-hydrogen) atoms. The zero-order valence-corrected chi connectivity index (χ0v) is 13.2. The predicted molar refractivity (Wildman–Crippen MR) is 94.7 cm³/mol. The van der Waals surface area contributed by atoms with E-state index in [0.29, 0.717) is 0 Å². The average molecular weight is 370 g/mol. The molecule has 4 heterocycles. The first kappa shape index (κ1) is 16.0. The van der Waals surface area contributed by atoms with Crippen LogP contribution < -0.4 is 38.8 Å². The molecule has 0 atom stereocenters. The Labute approximate surface area is 146 Å². The van der Waals surface area contributed by atoms with Crippen molar-refractivity contribution in [3.8, 4) is 0 Å². The maximum atomic E-state index is 12.2. The predicted octanol–water partition coefficient (Wildman–Crippen LogP) is -2.34. The SMILES string of the molecule is Nc1nc2c(c(=O)[nH]1)NC(=O)/C(=C/c1nc3nc(N)[nH]c(=O)c3[nH]c1=O)N2. The van der Waals surface area contributed by atoms with Crippen molar-refractivity contribution in [3.05, 3.63) is 42.5 Å². The number of carbonyl (C=O) groups excluding carboxylic acids is 1. The van der Waals surface area contributed by atoms with Gasteiger partial charge in [0.1, 0.15) is 11.4 Å². The van der Waals surface area contributed by atoms with Crippen LogP contribution in [0.3, 0.4) is 0 Å². The Balaban J connectivity index is 1.85. The molecule has 0 fully saturated rings. The summed E-state index contributed by atoms with van der Waals surface area (Å²) in [5, 5.41) is 4.95. The molecule has 0 saturated heterocycles. The number of nitrogens with zero attached hydrogens (tertiary/aromatic N) is 3. The molecule has 14 heteroatoms. The summed E-state index contributed by atoms with van der Waals surface area (Å²) < 4.78 is 0. The van der Waals surface area contributed by atoms with Gasteiger partial charge in [-0.3, -0.25) is 29.1 Å². The molecular weight excluding hydrogens is 360 g/mol. The minimum atomic E-state index is -0.745. The number of amides is 1. The molecule has 0 spiro atoms. The van der Waals surface area contributed by atoms with E-state index in [1.165, 1.54) is 0 Å².